The monoisotopic (exact) mass is 289 g/mol. The molecule has 0 aliphatic heterocycles. The van der Waals surface area contributed by atoms with Gasteiger partial charge in [-0.1, -0.05) is 26.0 Å². The zero-order chi connectivity index (χ0) is 15.4. The number of anilines is 1. The second-order valence-corrected chi connectivity index (χ2v) is 6.38. The minimum atomic E-state index is 0.0221. The second-order valence-electron chi connectivity index (χ2n) is 6.38. The van der Waals surface area contributed by atoms with Crippen LogP contribution in [0.4, 0.5) is 5.69 Å². The summed E-state index contributed by atoms with van der Waals surface area (Å²) in [6, 6.07) is 8.40. The van der Waals surface area contributed by atoms with Crippen molar-refractivity contribution in [3.63, 3.8) is 0 Å². The van der Waals surface area contributed by atoms with Crippen LogP contribution in [0.3, 0.4) is 0 Å². The van der Waals surface area contributed by atoms with Gasteiger partial charge in [-0.15, -0.1) is 0 Å². The van der Waals surface area contributed by atoms with Crippen molar-refractivity contribution in [3.8, 4) is 0 Å². The number of nitrogens with zero attached hydrogens (tertiary/aromatic N) is 1. The van der Waals surface area contributed by atoms with Gasteiger partial charge >= 0.3 is 0 Å². The van der Waals surface area contributed by atoms with Gasteiger partial charge in [0.15, 0.2) is 0 Å². The molecule has 21 heavy (non-hydrogen) atoms. The summed E-state index contributed by atoms with van der Waals surface area (Å²) in [5, 5.41) is 2.96. The molecule has 116 valence electrons. The predicted molar refractivity (Wildman–Crippen MR) is 87.4 cm³/mol. The lowest BCUT2D eigenvalue weighted by atomic mass is 10.0. The van der Waals surface area contributed by atoms with Crippen molar-refractivity contribution in [1.82, 2.24) is 4.90 Å². The Bertz CT molecular complexity index is 465. The average Bonchev–Trinajstić information content (AvgIpc) is 3.24. The highest BCUT2D eigenvalue weighted by molar-refractivity contribution is 5.92. The maximum Gasteiger partial charge on any atom is 0.238 e. The lowest BCUT2D eigenvalue weighted by Crippen LogP contribution is -2.43. The van der Waals surface area contributed by atoms with E-state index in [1.54, 1.807) is 0 Å². The molecule has 0 heterocycles. The van der Waals surface area contributed by atoms with E-state index in [1.165, 1.54) is 18.4 Å². The van der Waals surface area contributed by atoms with E-state index in [0.717, 1.165) is 5.69 Å². The van der Waals surface area contributed by atoms with Crippen LogP contribution in [0, 0.1) is 5.92 Å². The number of hydrogen-bond acceptors (Lipinski definition) is 3. The summed E-state index contributed by atoms with van der Waals surface area (Å²) in [6.45, 7) is 5.34. The van der Waals surface area contributed by atoms with Crippen LogP contribution < -0.4 is 11.1 Å². The van der Waals surface area contributed by atoms with Gasteiger partial charge in [0.1, 0.15) is 0 Å². The third-order valence-electron chi connectivity index (χ3n) is 4.23. The number of carbonyl (C=O) groups is 1. The second kappa shape index (κ2) is 7.05. The highest BCUT2D eigenvalue weighted by Gasteiger charge is 2.33. The van der Waals surface area contributed by atoms with Crippen LogP contribution in [-0.4, -0.2) is 37.0 Å². The standard InChI is InChI=1S/C17H27N3O/c1-12(2)13-6-8-15(9-7-13)19-17(21)11-20(3)16(10-18)14-4-5-14/h6-9,12,14,16H,4-5,10-11,18H2,1-3H3,(H,19,21). The fourth-order valence-electron chi connectivity index (χ4n) is 2.71. The molecule has 1 atom stereocenters. The number of hydrogen-bond donors (Lipinski definition) is 2. The van der Waals surface area contributed by atoms with Crippen molar-refractivity contribution in [3.05, 3.63) is 29.8 Å². The van der Waals surface area contributed by atoms with E-state index in [2.05, 4.69) is 36.2 Å². The first-order chi connectivity index (χ1) is 10.0. The fraction of sp³-hybridized carbons (Fsp3) is 0.588. The third kappa shape index (κ3) is 4.55. The fourth-order valence-corrected chi connectivity index (χ4v) is 2.71. The normalized spacial score (nSPS) is 16.3. The molecular formula is C17H27N3O. The molecule has 2 rings (SSSR count). The van der Waals surface area contributed by atoms with Crippen LogP contribution in [0.1, 0.15) is 38.2 Å². The Morgan fingerprint density at radius 1 is 1.33 bits per heavy atom. The summed E-state index contributed by atoms with van der Waals surface area (Å²) in [6.07, 6.45) is 2.48. The van der Waals surface area contributed by atoms with Crippen molar-refractivity contribution in [2.24, 2.45) is 11.7 Å². The van der Waals surface area contributed by atoms with Crippen molar-refractivity contribution in [2.75, 3.05) is 25.5 Å². The van der Waals surface area contributed by atoms with Gasteiger partial charge in [-0.2, -0.15) is 0 Å². The number of rotatable bonds is 7. The molecule has 1 aromatic carbocycles. The molecule has 1 aliphatic rings. The Labute approximate surface area is 127 Å². The topological polar surface area (TPSA) is 58.4 Å². The molecule has 3 N–H and O–H groups in total. The zero-order valence-electron chi connectivity index (χ0n) is 13.3. The van der Waals surface area contributed by atoms with Crippen LogP contribution in [-0.2, 0) is 4.79 Å². The maximum absolute atomic E-state index is 12.1. The number of likely N-dealkylation sites (N-methyl/N-ethyl adjacent to an activating group) is 1. The Kier molecular flexibility index (Phi) is 5.37. The summed E-state index contributed by atoms with van der Waals surface area (Å²) in [5.74, 6) is 1.21. The number of benzene rings is 1. The van der Waals surface area contributed by atoms with Gasteiger partial charge in [0.05, 0.1) is 6.54 Å². The van der Waals surface area contributed by atoms with Gasteiger partial charge in [0, 0.05) is 18.3 Å². The van der Waals surface area contributed by atoms with Crippen molar-refractivity contribution >= 4 is 11.6 Å². The first kappa shape index (κ1) is 16.0. The molecule has 0 saturated heterocycles. The van der Waals surface area contributed by atoms with E-state index >= 15 is 0 Å². The molecule has 4 nitrogen and oxygen atoms in total. The molecule has 0 bridgehead atoms. The molecule has 1 aliphatic carbocycles. The van der Waals surface area contributed by atoms with Crippen molar-refractivity contribution < 1.29 is 4.79 Å². The molecule has 1 fully saturated rings. The third-order valence-corrected chi connectivity index (χ3v) is 4.23. The van der Waals surface area contributed by atoms with E-state index in [0.29, 0.717) is 31.0 Å². The van der Waals surface area contributed by atoms with Crippen LogP contribution >= 0.6 is 0 Å². The van der Waals surface area contributed by atoms with E-state index in [1.807, 2.05) is 19.2 Å². The molecule has 0 aromatic heterocycles. The first-order valence-electron chi connectivity index (χ1n) is 7.81. The minimum absolute atomic E-state index is 0.0221. The smallest absolute Gasteiger partial charge is 0.238 e. The Morgan fingerprint density at radius 2 is 1.95 bits per heavy atom. The van der Waals surface area contributed by atoms with Gasteiger partial charge in [0.2, 0.25) is 5.91 Å². The highest BCUT2D eigenvalue weighted by Crippen LogP contribution is 2.34. The number of carbonyl (C=O) groups excluding carboxylic acids is 1. The van der Waals surface area contributed by atoms with Crippen molar-refractivity contribution in [1.29, 1.82) is 0 Å². The van der Waals surface area contributed by atoms with Gasteiger partial charge in [-0.05, 0) is 49.4 Å². The molecule has 1 amide bonds. The molecule has 1 saturated carbocycles. The van der Waals surface area contributed by atoms with Gasteiger partial charge in [-0.25, -0.2) is 0 Å². The summed E-state index contributed by atoms with van der Waals surface area (Å²) in [5.41, 5.74) is 7.95. The summed E-state index contributed by atoms with van der Waals surface area (Å²) in [4.78, 5) is 14.2. The number of nitrogens with one attached hydrogen (secondary N) is 1. The van der Waals surface area contributed by atoms with Gasteiger partial charge < -0.3 is 11.1 Å². The van der Waals surface area contributed by atoms with Crippen LogP contribution in [0.2, 0.25) is 0 Å². The molecule has 1 aromatic rings. The maximum atomic E-state index is 12.1. The Morgan fingerprint density at radius 3 is 2.43 bits per heavy atom. The Hall–Kier alpha value is -1.39. The lowest BCUT2D eigenvalue weighted by Gasteiger charge is -2.26. The van der Waals surface area contributed by atoms with Crippen LogP contribution in [0.25, 0.3) is 0 Å². The lowest BCUT2D eigenvalue weighted by molar-refractivity contribution is -0.117. The van der Waals surface area contributed by atoms with E-state index in [9.17, 15) is 4.79 Å². The van der Waals surface area contributed by atoms with Crippen molar-refractivity contribution in [2.45, 2.75) is 38.6 Å². The highest BCUT2D eigenvalue weighted by atomic mass is 16.2. The molecule has 4 heteroatoms. The average molecular weight is 289 g/mol. The largest absolute Gasteiger partial charge is 0.329 e. The predicted octanol–water partition coefficient (Wildman–Crippen LogP) is 2.42. The van der Waals surface area contributed by atoms with Crippen LogP contribution in [0.15, 0.2) is 24.3 Å². The number of nitrogens with two attached hydrogens (primary N) is 1. The summed E-state index contributed by atoms with van der Waals surface area (Å²) in [7, 11) is 1.98. The molecular weight excluding hydrogens is 262 g/mol. The minimum Gasteiger partial charge on any atom is -0.329 e. The molecule has 0 spiro atoms. The van der Waals surface area contributed by atoms with E-state index in [4.69, 9.17) is 5.73 Å². The SMILES string of the molecule is CC(C)c1ccc(NC(=O)CN(C)C(CN)C2CC2)cc1. The molecule has 1 unspecified atom stereocenters. The van der Waals surface area contributed by atoms with E-state index in [-0.39, 0.29) is 5.91 Å². The first-order valence-corrected chi connectivity index (χ1v) is 7.81. The van der Waals surface area contributed by atoms with Crippen LogP contribution in [0.5, 0.6) is 0 Å². The van der Waals surface area contributed by atoms with Gasteiger partial charge in [-0.3, -0.25) is 9.69 Å². The van der Waals surface area contributed by atoms with E-state index < -0.39 is 0 Å². The Balaban J connectivity index is 1.86. The summed E-state index contributed by atoms with van der Waals surface area (Å²) < 4.78 is 0. The van der Waals surface area contributed by atoms with Gasteiger partial charge in [0.25, 0.3) is 0 Å². The molecule has 0 radical (unpaired) electrons. The number of amides is 1. The zero-order valence-corrected chi connectivity index (χ0v) is 13.3. The summed E-state index contributed by atoms with van der Waals surface area (Å²) >= 11 is 0. The quantitative estimate of drug-likeness (QED) is 0.810.